The lowest BCUT2D eigenvalue weighted by Gasteiger charge is -2.26. The summed E-state index contributed by atoms with van der Waals surface area (Å²) in [6.07, 6.45) is 0. The van der Waals surface area contributed by atoms with Gasteiger partial charge in [0.1, 0.15) is 5.75 Å². The van der Waals surface area contributed by atoms with Crippen LogP contribution < -0.4 is 9.64 Å². The zero-order chi connectivity index (χ0) is 25.1. The lowest BCUT2D eigenvalue weighted by atomic mass is 10.1. The van der Waals surface area contributed by atoms with Crippen LogP contribution in [0.3, 0.4) is 0 Å². The van der Waals surface area contributed by atoms with E-state index in [0.717, 1.165) is 23.9 Å². The molecular formula is C24H27N5O5S2. The van der Waals surface area contributed by atoms with Crippen LogP contribution in [0.1, 0.15) is 17.3 Å². The van der Waals surface area contributed by atoms with E-state index >= 15 is 0 Å². The molecule has 3 heterocycles. The number of thioether (sulfide) groups is 1. The lowest BCUT2D eigenvalue weighted by molar-refractivity contribution is 0.0730. The maximum absolute atomic E-state index is 13.0. The molecule has 0 atom stereocenters. The molecule has 12 heteroatoms. The first kappa shape index (κ1) is 24.8. The molecule has 0 bridgehead atoms. The largest absolute Gasteiger partial charge is 0.494 e. The Morgan fingerprint density at radius 1 is 1.06 bits per heavy atom. The van der Waals surface area contributed by atoms with E-state index in [1.807, 2.05) is 35.8 Å². The number of hydrogen-bond donors (Lipinski definition) is 0. The summed E-state index contributed by atoms with van der Waals surface area (Å²) in [5.74, 6) is 1.51. The van der Waals surface area contributed by atoms with Crippen molar-refractivity contribution in [3.8, 4) is 5.75 Å². The van der Waals surface area contributed by atoms with Gasteiger partial charge in [-0.25, -0.2) is 8.42 Å². The highest BCUT2D eigenvalue weighted by Crippen LogP contribution is 2.33. The van der Waals surface area contributed by atoms with Crippen LogP contribution >= 0.6 is 11.8 Å². The molecule has 1 fully saturated rings. The topological polar surface area (TPSA) is 107 Å². The van der Waals surface area contributed by atoms with Crippen molar-refractivity contribution in [1.29, 1.82) is 0 Å². The van der Waals surface area contributed by atoms with Crippen molar-refractivity contribution in [3.05, 3.63) is 54.1 Å². The van der Waals surface area contributed by atoms with E-state index < -0.39 is 10.0 Å². The van der Waals surface area contributed by atoms with Gasteiger partial charge in [0, 0.05) is 37.4 Å². The zero-order valence-electron chi connectivity index (χ0n) is 19.9. The third-order valence-corrected chi connectivity index (χ3v) is 8.90. The predicted molar refractivity (Wildman–Crippen MR) is 136 cm³/mol. The molecule has 2 aliphatic rings. The smallest absolute Gasteiger partial charge is 0.243 e. The monoisotopic (exact) mass is 529 g/mol. The summed E-state index contributed by atoms with van der Waals surface area (Å²) in [5, 5.41) is 9.29. The van der Waals surface area contributed by atoms with Crippen LogP contribution in [0.5, 0.6) is 5.75 Å². The molecule has 0 radical (unpaired) electrons. The van der Waals surface area contributed by atoms with Gasteiger partial charge >= 0.3 is 0 Å². The fraction of sp³-hybridized carbons (Fsp3) is 0.375. The van der Waals surface area contributed by atoms with E-state index in [1.54, 1.807) is 12.1 Å². The second-order valence-electron chi connectivity index (χ2n) is 8.27. The summed E-state index contributed by atoms with van der Waals surface area (Å²) in [7, 11) is -3.67. The van der Waals surface area contributed by atoms with E-state index in [2.05, 4.69) is 15.1 Å². The van der Waals surface area contributed by atoms with Crippen molar-refractivity contribution in [2.24, 2.45) is 0 Å². The third-order valence-electron chi connectivity index (χ3n) is 6.04. The van der Waals surface area contributed by atoms with E-state index in [0.29, 0.717) is 50.2 Å². The van der Waals surface area contributed by atoms with Crippen LogP contribution in [0.2, 0.25) is 0 Å². The highest BCUT2D eigenvalue weighted by molar-refractivity contribution is 7.99. The Labute approximate surface area is 214 Å². The summed E-state index contributed by atoms with van der Waals surface area (Å²) >= 11 is 1.30. The number of morpholine rings is 1. The molecule has 0 aliphatic carbocycles. The molecule has 2 aliphatic heterocycles. The van der Waals surface area contributed by atoms with Gasteiger partial charge < -0.3 is 14.4 Å². The molecule has 0 amide bonds. The van der Waals surface area contributed by atoms with Crippen LogP contribution in [-0.2, 0) is 21.3 Å². The van der Waals surface area contributed by atoms with Crippen molar-refractivity contribution in [2.75, 3.05) is 50.1 Å². The molecule has 190 valence electrons. The van der Waals surface area contributed by atoms with Crippen molar-refractivity contribution >= 4 is 39.2 Å². The Morgan fingerprint density at radius 3 is 2.58 bits per heavy atom. The second kappa shape index (κ2) is 10.6. The molecule has 36 heavy (non-hydrogen) atoms. The number of rotatable bonds is 9. The van der Waals surface area contributed by atoms with E-state index in [-0.39, 0.29) is 16.4 Å². The lowest BCUT2D eigenvalue weighted by Crippen LogP contribution is -2.40. The maximum Gasteiger partial charge on any atom is 0.243 e. The average Bonchev–Trinajstić information content (AvgIpc) is 3.51. The second-order valence-corrected chi connectivity index (χ2v) is 11.1. The van der Waals surface area contributed by atoms with Gasteiger partial charge in [-0.3, -0.25) is 9.36 Å². The average molecular weight is 530 g/mol. The molecule has 0 saturated carbocycles. The summed E-state index contributed by atoms with van der Waals surface area (Å²) in [6, 6.07) is 14.1. The SMILES string of the molecule is CCOc1ccc(N2CCn3c(SCC(=O)c4cccc(S(=O)(=O)N5CCOCC5)c4)nnc32)cc1. The van der Waals surface area contributed by atoms with Gasteiger partial charge in [0.15, 0.2) is 10.9 Å². The summed E-state index contributed by atoms with van der Waals surface area (Å²) in [6.45, 7) is 5.38. The van der Waals surface area contributed by atoms with Crippen LogP contribution in [0.15, 0.2) is 58.6 Å². The highest BCUT2D eigenvalue weighted by Gasteiger charge is 2.28. The summed E-state index contributed by atoms with van der Waals surface area (Å²) in [5.41, 5.74) is 1.35. The number of carbonyl (C=O) groups excluding carboxylic acids is 1. The van der Waals surface area contributed by atoms with Crippen molar-refractivity contribution in [3.63, 3.8) is 0 Å². The molecule has 5 rings (SSSR count). The highest BCUT2D eigenvalue weighted by atomic mass is 32.2. The fourth-order valence-electron chi connectivity index (χ4n) is 4.20. The number of fused-ring (bicyclic) bond motifs is 1. The molecule has 1 saturated heterocycles. The number of ketones is 1. The van der Waals surface area contributed by atoms with Gasteiger partial charge in [0.25, 0.3) is 0 Å². The minimum atomic E-state index is -3.67. The Morgan fingerprint density at radius 2 is 1.83 bits per heavy atom. The minimum absolute atomic E-state index is 0.120. The molecule has 2 aromatic carbocycles. The fourth-order valence-corrected chi connectivity index (χ4v) is 6.50. The van der Waals surface area contributed by atoms with Crippen molar-refractivity contribution in [1.82, 2.24) is 19.1 Å². The van der Waals surface area contributed by atoms with E-state index in [4.69, 9.17) is 9.47 Å². The molecule has 0 unspecified atom stereocenters. The molecule has 10 nitrogen and oxygen atoms in total. The quantitative estimate of drug-likeness (QED) is 0.305. The molecule has 0 N–H and O–H groups in total. The van der Waals surface area contributed by atoms with Crippen molar-refractivity contribution < 1.29 is 22.7 Å². The van der Waals surface area contributed by atoms with Crippen LogP contribution in [0.25, 0.3) is 0 Å². The van der Waals surface area contributed by atoms with Gasteiger partial charge in [0.05, 0.1) is 30.5 Å². The number of Topliss-reactive ketones (excluding diaryl/α,β-unsaturated/α-hetero) is 1. The number of hydrogen-bond acceptors (Lipinski definition) is 9. The molecule has 0 spiro atoms. The molecule has 3 aromatic rings. The number of aromatic nitrogens is 3. The van der Waals surface area contributed by atoms with Gasteiger partial charge in [-0.05, 0) is 43.3 Å². The number of nitrogens with zero attached hydrogens (tertiary/aromatic N) is 5. The zero-order valence-corrected chi connectivity index (χ0v) is 21.5. The number of anilines is 2. The first-order valence-corrected chi connectivity index (χ1v) is 14.2. The minimum Gasteiger partial charge on any atom is -0.494 e. The van der Waals surface area contributed by atoms with Gasteiger partial charge in [-0.2, -0.15) is 4.31 Å². The number of ether oxygens (including phenoxy) is 2. The maximum atomic E-state index is 13.0. The number of sulfonamides is 1. The Bertz CT molecular complexity index is 1340. The Kier molecular flexibility index (Phi) is 7.28. The van der Waals surface area contributed by atoms with Gasteiger partial charge in [-0.15, -0.1) is 10.2 Å². The summed E-state index contributed by atoms with van der Waals surface area (Å²) in [4.78, 5) is 15.1. The van der Waals surface area contributed by atoms with E-state index in [1.165, 1.54) is 28.2 Å². The Hall–Kier alpha value is -2.93. The number of benzene rings is 2. The van der Waals surface area contributed by atoms with Crippen LogP contribution in [-0.4, -0.2) is 78.5 Å². The first-order valence-electron chi connectivity index (χ1n) is 11.7. The molecular weight excluding hydrogens is 502 g/mol. The third kappa shape index (κ3) is 4.99. The van der Waals surface area contributed by atoms with Gasteiger partial charge in [-0.1, -0.05) is 23.9 Å². The van der Waals surface area contributed by atoms with Crippen LogP contribution in [0, 0.1) is 0 Å². The van der Waals surface area contributed by atoms with E-state index in [9.17, 15) is 13.2 Å². The predicted octanol–water partition coefficient (Wildman–Crippen LogP) is 2.82. The standard InChI is InChI=1S/C24H27N5O5S2/c1-2-34-20-8-6-19(7-9-20)28-10-11-29-23(28)25-26-24(29)35-17-22(30)18-4-3-5-21(16-18)36(31,32)27-12-14-33-15-13-27/h3-9,16H,2,10-15,17H2,1H3. The first-order chi connectivity index (χ1) is 17.5. The summed E-state index contributed by atoms with van der Waals surface area (Å²) < 4.78 is 40.1. The normalized spacial score (nSPS) is 16.2. The van der Waals surface area contributed by atoms with Crippen molar-refractivity contribution in [2.45, 2.75) is 23.5 Å². The molecule has 1 aromatic heterocycles. The van der Waals surface area contributed by atoms with Crippen LogP contribution in [0.4, 0.5) is 11.6 Å². The number of carbonyl (C=O) groups is 1. The van der Waals surface area contributed by atoms with Gasteiger partial charge in [0.2, 0.25) is 16.0 Å². The Balaban J connectivity index is 1.25.